The van der Waals surface area contributed by atoms with E-state index in [1.807, 2.05) is 0 Å². The van der Waals surface area contributed by atoms with E-state index >= 15 is 0 Å². The van der Waals surface area contributed by atoms with Crippen molar-refractivity contribution < 1.29 is 0 Å². The maximum absolute atomic E-state index is 2.56. The van der Waals surface area contributed by atoms with E-state index in [0.29, 0.717) is 0 Å². The van der Waals surface area contributed by atoms with Crippen LogP contribution in [0.3, 0.4) is 0 Å². The van der Waals surface area contributed by atoms with Gasteiger partial charge < -0.3 is 14.0 Å². The summed E-state index contributed by atoms with van der Waals surface area (Å²) in [6.07, 6.45) is 0. The molecule has 13 aromatic rings. The van der Waals surface area contributed by atoms with Gasteiger partial charge in [-0.1, -0.05) is 176 Å². The van der Waals surface area contributed by atoms with Gasteiger partial charge in [0.2, 0.25) is 0 Å². The molecule has 0 atom stereocenters. The largest absolute Gasteiger partial charge is 0.310 e. The molecule has 1 aliphatic heterocycles. The van der Waals surface area contributed by atoms with Crippen LogP contribution in [0.2, 0.25) is 0 Å². The number of fused-ring (bicyclic) bond motifs is 15. The Morgan fingerprint density at radius 2 is 0.671 bits per heavy atom. The highest BCUT2D eigenvalue weighted by molar-refractivity contribution is 6.16. The zero-order valence-electron chi connectivity index (χ0n) is 38.2. The number of para-hydroxylation sites is 6. The molecule has 2 aromatic heterocycles. The van der Waals surface area contributed by atoms with Crippen LogP contribution in [0.25, 0.3) is 88.4 Å². The van der Waals surface area contributed by atoms with Crippen molar-refractivity contribution >= 4 is 60.7 Å². The minimum Gasteiger partial charge on any atom is -0.310 e. The molecule has 3 heterocycles. The van der Waals surface area contributed by atoms with Gasteiger partial charge in [-0.05, 0) is 141 Å². The van der Waals surface area contributed by atoms with E-state index in [2.05, 4.69) is 275 Å². The summed E-state index contributed by atoms with van der Waals surface area (Å²) in [7, 11) is 0. The molecule has 0 amide bonds. The molecular weight excluding hydrogens is 847 g/mol. The van der Waals surface area contributed by atoms with Gasteiger partial charge in [0, 0.05) is 38.6 Å². The lowest BCUT2D eigenvalue weighted by Crippen LogP contribution is -2.36. The van der Waals surface area contributed by atoms with Crippen molar-refractivity contribution in [2.24, 2.45) is 0 Å². The molecule has 0 saturated carbocycles. The van der Waals surface area contributed by atoms with Crippen molar-refractivity contribution in [3.05, 3.63) is 283 Å². The van der Waals surface area contributed by atoms with Gasteiger partial charge in [0.25, 0.3) is 0 Å². The van der Waals surface area contributed by atoms with Gasteiger partial charge in [-0.3, -0.25) is 0 Å². The van der Waals surface area contributed by atoms with Crippen molar-refractivity contribution in [3.8, 4) is 44.8 Å². The van der Waals surface area contributed by atoms with Gasteiger partial charge in [0.05, 0.1) is 38.9 Å². The number of anilines is 3. The summed E-state index contributed by atoms with van der Waals surface area (Å²) >= 11 is 0. The van der Waals surface area contributed by atoms with E-state index < -0.39 is 5.41 Å². The Morgan fingerprint density at radius 3 is 1.26 bits per heavy atom. The Morgan fingerprint density at radius 1 is 0.243 bits per heavy atom. The first-order chi connectivity index (χ1) is 34.8. The number of rotatable bonds is 5. The smallest absolute Gasteiger partial charge is 0.0755 e. The minimum absolute atomic E-state index is 0.679. The molecule has 0 saturated heterocycles. The molecular formula is C67H43N3. The van der Waals surface area contributed by atoms with Crippen molar-refractivity contribution in [2.45, 2.75) is 5.41 Å². The fourth-order valence-corrected chi connectivity index (χ4v) is 12.5. The standard InChI is InChI=1S/C67H43N3/c1-4-21-44(22-5-1)49-29-10-11-30-50(49)45-23-20-28-48(39-45)70-62-36-17-13-32-52(62)56-41-54-53-40-55-51-31-12-16-35-61(51)68(46-24-6-2-7-25-46)65(55)42-59(53)67(60(54)43-66(56)70)57-33-14-18-37-63(57)69(47-26-8-3-9-27-47)64-38-19-15-34-58(64)67/h1-43H. The fourth-order valence-electron chi connectivity index (χ4n) is 12.5. The highest BCUT2D eigenvalue weighted by Crippen LogP contribution is 2.65. The van der Waals surface area contributed by atoms with Crippen molar-refractivity contribution in [2.75, 3.05) is 4.90 Å². The van der Waals surface area contributed by atoms with Crippen LogP contribution in [-0.2, 0) is 5.41 Å². The summed E-state index contributed by atoms with van der Waals surface area (Å²) in [5.74, 6) is 0. The Kier molecular flexibility index (Phi) is 8.28. The van der Waals surface area contributed by atoms with Crippen LogP contribution in [0.4, 0.5) is 17.1 Å². The summed E-state index contributed by atoms with van der Waals surface area (Å²) < 4.78 is 4.99. The van der Waals surface area contributed by atoms with Crippen molar-refractivity contribution in [1.29, 1.82) is 0 Å². The Hall–Kier alpha value is -9.18. The maximum atomic E-state index is 2.56. The lowest BCUT2D eigenvalue weighted by atomic mass is 9.64. The second-order valence-electron chi connectivity index (χ2n) is 18.8. The molecule has 326 valence electrons. The summed E-state index contributed by atoms with van der Waals surface area (Å²) in [5, 5.41) is 4.97. The Labute approximate surface area is 406 Å². The van der Waals surface area contributed by atoms with Crippen molar-refractivity contribution in [1.82, 2.24) is 9.13 Å². The van der Waals surface area contributed by atoms with E-state index in [9.17, 15) is 0 Å². The average molecular weight is 890 g/mol. The number of hydrogen-bond donors (Lipinski definition) is 0. The summed E-state index contributed by atoms with van der Waals surface area (Å²) in [6, 6.07) is 96.8. The van der Waals surface area contributed by atoms with Gasteiger partial charge in [0.1, 0.15) is 0 Å². The predicted molar refractivity (Wildman–Crippen MR) is 292 cm³/mol. The molecule has 3 heteroatoms. The number of aromatic nitrogens is 2. The monoisotopic (exact) mass is 889 g/mol. The molecule has 0 N–H and O–H groups in total. The molecule has 0 radical (unpaired) electrons. The zero-order chi connectivity index (χ0) is 45.9. The maximum Gasteiger partial charge on any atom is 0.0755 e. The molecule has 1 spiro atoms. The van der Waals surface area contributed by atoms with Crippen LogP contribution in [0.15, 0.2) is 261 Å². The lowest BCUT2D eigenvalue weighted by Gasteiger charge is -2.45. The second-order valence-corrected chi connectivity index (χ2v) is 18.8. The summed E-state index contributed by atoms with van der Waals surface area (Å²) in [4.78, 5) is 2.47. The molecule has 70 heavy (non-hydrogen) atoms. The Bertz CT molecular complexity index is 4190. The quantitative estimate of drug-likeness (QED) is 0.168. The first kappa shape index (κ1) is 38.9. The molecule has 2 aliphatic rings. The van der Waals surface area contributed by atoms with E-state index in [4.69, 9.17) is 0 Å². The van der Waals surface area contributed by atoms with Crippen LogP contribution in [-0.4, -0.2) is 9.13 Å². The highest BCUT2D eigenvalue weighted by atomic mass is 15.2. The fraction of sp³-hybridized carbons (Fsp3) is 0.0149. The second kappa shape index (κ2) is 14.9. The van der Waals surface area contributed by atoms with Crippen LogP contribution in [0, 0.1) is 0 Å². The molecule has 3 nitrogen and oxygen atoms in total. The third kappa shape index (κ3) is 5.34. The van der Waals surface area contributed by atoms with Crippen LogP contribution in [0.5, 0.6) is 0 Å². The van der Waals surface area contributed by atoms with E-state index in [1.165, 1.54) is 111 Å². The third-order valence-corrected chi connectivity index (χ3v) is 15.3. The summed E-state index contributed by atoms with van der Waals surface area (Å²) in [6.45, 7) is 0. The van der Waals surface area contributed by atoms with Gasteiger partial charge in [-0.2, -0.15) is 0 Å². The average Bonchev–Trinajstić information content (AvgIpc) is 4.04. The molecule has 1 aliphatic carbocycles. The van der Waals surface area contributed by atoms with E-state index in [0.717, 1.165) is 17.1 Å². The molecule has 0 unspecified atom stereocenters. The minimum atomic E-state index is -0.679. The van der Waals surface area contributed by atoms with E-state index in [1.54, 1.807) is 0 Å². The van der Waals surface area contributed by atoms with Crippen molar-refractivity contribution in [3.63, 3.8) is 0 Å². The zero-order valence-corrected chi connectivity index (χ0v) is 38.2. The number of nitrogens with zero attached hydrogens (tertiary/aromatic N) is 3. The van der Waals surface area contributed by atoms with Gasteiger partial charge in [0.15, 0.2) is 0 Å². The normalized spacial score (nSPS) is 13.2. The van der Waals surface area contributed by atoms with Crippen LogP contribution >= 0.6 is 0 Å². The van der Waals surface area contributed by atoms with Gasteiger partial charge in [-0.15, -0.1) is 0 Å². The molecule has 0 fully saturated rings. The SMILES string of the molecule is c1ccc(-c2ccccc2-c2cccc(-n3c4ccccc4c4cc5c(cc43)C3(c4cc6c(cc4-5)c4ccccc4n6-c4ccccc4)c4ccccc4N(c4ccccc4)c4ccccc43)c2)cc1. The van der Waals surface area contributed by atoms with Crippen LogP contribution in [0.1, 0.15) is 22.3 Å². The van der Waals surface area contributed by atoms with Crippen LogP contribution < -0.4 is 4.90 Å². The number of hydrogen-bond acceptors (Lipinski definition) is 1. The molecule has 15 rings (SSSR count). The lowest BCUT2D eigenvalue weighted by molar-refractivity contribution is 0.754. The number of benzene rings is 11. The van der Waals surface area contributed by atoms with E-state index in [-0.39, 0.29) is 0 Å². The molecule has 0 bridgehead atoms. The first-order valence-electron chi connectivity index (χ1n) is 24.3. The predicted octanol–water partition coefficient (Wildman–Crippen LogP) is 17.4. The highest BCUT2D eigenvalue weighted by Gasteiger charge is 2.52. The molecule has 11 aromatic carbocycles. The van der Waals surface area contributed by atoms with Gasteiger partial charge in [-0.25, -0.2) is 0 Å². The van der Waals surface area contributed by atoms with Gasteiger partial charge >= 0.3 is 0 Å². The summed E-state index contributed by atoms with van der Waals surface area (Å²) in [5.41, 5.74) is 22.4. The topological polar surface area (TPSA) is 13.1 Å². The first-order valence-corrected chi connectivity index (χ1v) is 24.3. The Balaban J connectivity index is 1.07. The third-order valence-electron chi connectivity index (χ3n) is 15.3.